The maximum atomic E-state index is 13.2. The first-order chi connectivity index (χ1) is 9.90. The van der Waals surface area contributed by atoms with E-state index in [0.29, 0.717) is 13.2 Å². The summed E-state index contributed by atoms with van der Waals surface area (Å²) in [4.78, 5) is 0. The van der Waals surface area contributed by atoms with Gasteiger partial charge in [-0.2, -0.15) is 0 Å². The van der Waals surface area contributed by atoms with E-state index in [1.54, 1.807) is 6.07 Å². The fraction of sp³-hybridized carbons (Fsp3) is 0.333. The lowest BCUT2D eigenvalue weighted by atomic mass is 9.87. The minimum absolute atomic E-state index is 0.127. The molecule has 0 bridgehead atoms. The summed E-state index contributed by atoms with van der Waals surface area (Å²) < 4.78 is 18.9. The number of ether oxygens (including phenoxy) is 1. The largest absolute Gasteiger partial charge is 0.489 e. The summed E-state index contributed by atoms with van der Waals surface area (Å²) >= 11 is 0. The maximum Gasteiger partial charge on any atom is 0.123 e. The van der Waals surface area contributed by atoms with Crippen molar-refractivity contribution in [3.63, 3.8) is 0 Å². The molecule has 2 rings (SSSR count). The van der Waals surface area contributed by atoms with Gasteiger partial charge in [0, 0.05) is 6.54 Å². The normalized spacial score (nSPS) is 11.5. The smallest absolute Gasteiger partial charge is 0.123 e. The van der Waals surface area contributed by atoms with Crippen LogP contribution in [0.4, 0.5) is 4.39 Å². The standard InChI is InChI=1S/C18H22FNO/c1-18(2,3)15-5-8-17(9-6-15)21-12-13-4-7-16(19)10-14(13)11-20/h4-10H,11-12,20H2,1-3H3. The third-order valence-electron chi connectivity index (χ3n) is 3.50. The zero-order valence-corrected chi connectivity index (χ0v) is 12.8. The van der Waals surface area contributed by atoms with E-state index in [4.69, 9.17) is 10.5 Å². The number of nitrogens with two attached hydrogens (primary N) is 1. The summed E-state index contributed by atoms with van der Waals surface area (Å²) in [6.07, 6.45) is 0. The Morgan fingerprint density at radius 3 is 2.24 bits per heavy atom. The Kier molecular flexibility index (Phi) is 4.63. The molecule has 0 amide bonds. The molecule has 0 aliphatic rings. The molecule has 0 atom stereocenters. The Morgan fingerprint density at radius 2 is 1.67 bits per heavy atom. The predicted octanol–water partition coefficient (Wildman–Crippen LogP) is 4.16. The zero-order chi connectivity index (χ0) is 15.5. The van der Waals surface area contributed by atoms with Crippen LogP contribution in [0, 0.1) is 5.82 Å². The molecule has 0 fully saturated rings. The number of benzene rings is 2. The summed E-state index contributed by atoms with van der Waals surface area (Å²) in [6.45, 7) is 7.22. The van der Waals surface area contributed by atoms with Gasteiger partial charge in [0.1, 0.15) is 18.2 Å². The Morgan fingerprint density at radius 1 is 1.00 bits per heavy atom. The second-order valence-corrected chi connectivity index (χ2v) is 6.18. The Labute approximate surface area is 125 Å². The van der Waals surface area contributed by atoms with Gasteiger partial charge in [-0.3, -0.25) is 0 Å². The molecule has 112 valence electrons. The van der Waals surface area contributed by atoms with Crippen molar-refractivity contribution in [1.82, 2.24) is 0 Å². The molecule has 0 radical (unpaired) electrons. The van der Waals surface area contributed by atoms with Crippen LogP contribution in [0.25, 0.3) is 0 Å². The molecule has 0 saturated carbocycles. The molecule has 0 aliphatic carbocycles. The first kappa shape index (κ1) is 15.5. The molecular formula is C18H22FNO. The predicted molar refractivity (Wildman–Crippen MR) is 83.8 cm³/mol. The van der Waals surface area contributed by atoms with Crippen molar-refractivity contribution in [2.75, 3.05) is 0 Å². The third kappa shape index (κ3) is 4.05. The summed E-state index contributed by atoms with van der Waals surface area (Å²) in [7, 11) is 0. The molecule has 0 aromatic heterocycles. The van der Waals surface area contributed by atoms with E-state index in [9.17, 15) is 4.39 Å². The van der Waals surface area contributed by atoms with Crippen molar-refractivity contribution in [2.45, 2.75) is 39.3 Å². The fourth-order valence-electron chi connectivity index (χ4n) is 2.14. The lowest BCUT2D eigenvalue weighted by molar-refractivity contribution is 0.304. The summed E-state index contributed by atoms with van der Waals surface area (Å²) in [5, 5.41) is 0. The van der Waals surface area contributed by atoms with E-state index in [0.717, 1.165) is 16.9 Å². The molecule has 0 aliphatic heterocycles. The summed E-state index contributed by atoms with van der Waals surface area (Å²) in [5.41, 5.74) is 8.72. The maximum absolute atomic E-state index is 13.2. The van der Waals surface area contributed by atoms with Crippen LogP contribution >= 0.6 is 0 Å². The summed E-state index contributed by atoms with van der Waals surface area (Å²) in [5.74, 6) is 0.532. The van der Waals surface area contributed by atoms with Crippen LogP contribution in [0.15, 0.2) is 42.5 Å². The van der Waals surface area contributed by atoms with E-state index in [2.05, 4.69) is 32.9 Å². The Balaban J connectivity index is 2.07. The van der Waals surface area contributed by atoms with Crippen LogP contribution in [-0.2, 0) is 18.6 Å². The number of hydrogen-bond donors (Lipinski definition) is 1. The van der Waals surface area contributed by atoms with Crippen molar-refractivity contribution in [3.8, 4) is 5.75 Å². The Bertz CT molecular complexity index is 600. The molecule has 21 heavy (non-hydrogen) atoms. The highest BCUT2D eigenvalue weighted by atomic mass is 19.1. The van der Waals surface area contributed by atoms with E-state index < -0.39 is 0 Å². The van der Waals surface area contributed by atoms with Crippen LogP contribution in [-0.4, -0.2) is 0 Å². The van der Waals surface area contributed by atoms with Gasteiger partial charge in [-0.15, -0.1) is 0 Å². The lowest BCUT2D eigenvalue weighted by Crippen LogP contribution is -2.10. The Hall–Kier alpha value is -1.87. The zero-order valence-electron chi connectivity index (χ0n) is 12.8. The SMILES string of the molecule is CC(C)(C)c1ccc(OCc2ccc(F)cc2CN)cc1. The van der Waals surface area contributed by atoms with Crippen molar-refractivity contribution in [3.05, 3.63) is 65.0 Å². The first-order valence-electron chi connectivity index (χ1n) is 7.11. The van der Waals surface area contributed by atoms with Gasteiger partial charge in [0.2, 0.25) is 0 Å². The van der Waals surface area contributed by atoms with Crippen LogP contribution in [0.5, 0.6) is 5.75 Å². The topological polar surface area (TPSA) is 35.2 Å². The second kappa shape index (κ2) is 6.27. The molecule has 0 spiro atoms. The van der Waals surface area contributed by atoms with Crippen molar-refractivity contribution in [1.29, 1.82) is 0 Å². The van der Waals surface area contributed by atoms with Crippen molar-refractivity contribution < 1.29 is 9.13 Å². The lowest BCUT2D eigenvalue weighted by Gasteiger charge is -2.19. The average molecular weight is 287 g/mol. The molecule has 2 nitrogen and oxygen atoms in total. The highest BCUT2D eigenvalue weighted by Gasteiger charge is 2.13. The molecule has 0 unspecified atom stereocenters. The van der Waals surface area contributed by atoms with Crippen molar-refractivity contribution >= 4 is 0 Å². The van der Waals surface area contributed by atoms with Gasteiger partial charge in [0.05, 0.1) is 0 Å². The number of halogens is 1. The molecule has 2 aromatic rings. The molecule has 0 saturated heterocycles. The monoisotopic (exact) mass is 287 g/mol. The van der Waals surface area contributed by atoms with E-state index in [-0.39, 0.29) is 11.2 Å². The van der Waals surface area contributed by atoms with Gasteiger partial charge in [0.15, 0.2) is 0 Å². The quantitative estimate of drug-likeness (QED) is 0.916. The van der Waals surface area contributed by atoms with E-state index >= 15 is 0 Å². The van der Waals surface area contributed by atoms with Crippen LogP contribution in [0.1, 0.15) is 37.5 Å². The number of hydrogen-bond acceptors (Lipinski definition) is 2. The van der Waals surface area contributed by atoms with Crippen LogP contribution < -0.4 is 10.5 Å². The minimum Gasteiger partial charge on any atom is -0.489 e. The number of rotatable bonds is 4. The van der Waals surface area contributed by atoms with Crippen LogP contribution in [0.2, 0.25) is 0 Å². The minimum atomic E-state index is -0.270. The van der Waals surface area contributed by atoms with Gasteiger partial charge in [-0.25, -0.2) is 4.39 Å². The van der Waals surface area contributed by atoms with Crippen LogP contribution in [0.3, 0.4) is 0 Å². The van der Waals surface area contributed by atoms with E-state index in [1.165, 1.54) is 17.7 Å². The first-order valence-corrected chi connectivity index (χ1v) is 7.11. The summed E-state index contributed by atoms with van der Waals surface area (Å²) in [6, 6.07) is 12.7. The van der Waals surface area contributed by atoms with E-state index in [1.807, 2.05) is 12.1 Å². The average Bonchev–Trinajstić information content (AvgIpc) is 2.45. The van der Waals surface area contributed by atoms with Gasteiger partial charge >= 0.3 is 0 Å². The highest BCUT2D eigenvalue weighted by Crippen LogP contribution is 2.24. The molecule has 3 heteroatoms. The molecule has 2 aromatic carbocycles. The highest BCUT2D eigenvalue weighted by molar-refractivity contribution is 5.32. The fourth-order valence-corrected chi connectivity index (χ4v) is 2.14. The van der Waals surface area contributed by atoms with Gasteiger partial charge < -0.3 is 10.5 Å². The molecular weight excluding hydrogens is 265 g/mol. The second-order valence-electron chi connectivity index (χ2n) is 6.18. The van der Waals surface area contributed by atoms with Crippen molar-refractivity contribution in [2.24, 2.45) is 5.73 Å². The van der Waals surface area contributed by atoms with Gasteiger partial charge in [-0.1, -0.05) is 39.0 Å². The molecule has 0 heterocycles. The van der Waals surface area contributed by atoms with Gasteiger partial charge in [0.25, 0.3) is 0 Å². The third-order valence-corrected chi connectivity index (χ3v) is 3.50. The molecule has 2 N–H and O–H groups in total. The van der Waals surface area contributed by atoms with Gasteiger partial charge in [-0.05, 0) is 46.4 Å².